The second-order valence-electron chi connectivity index (χ2n) is 7.80. The molecule has 126 valence electrons. The lowest BCUT2D eigenvalue weighted by Gasteiger charge is -2.39. The van der Waals surface area contributed by atoms with Gasteiger partial charge in [-0.3, -0.25) is 0 Å². The summed E-state index contributed by atoms with van der Waals surface area (Å²) in [4.78, 5) is 0. The van der Waals surface area contributed by atoms with Crippen LogP contribution in [0.5, 0.6) is 0 Å². The molecule has 0 spiro atoms. The Balaban J connectivity index is 2.58. The number of unbranched alkanes of at least 4 members (excludes halogenated alkanes) is 1. The minimum atomic E-state index is 0.878. The third-order valence-electron chi connectivity index (χ3n) is 5.96. The predicted octanol–water partition coefficient (Wildman–Crippen LogP) is 5.89. The van der Waals surface area contributed by atoms with Gasteiger partial charge in [-0.05, 0) is 68.4 Å². The van der Waals surface area contributed by atoms with Crippen LogP contribution in [0, 0.1) is 29.6 Å². The summed E-state index contributed by atoms with van der Waals surface area (Å²) < 4.78 is 0. The Hall–Kier alpha value is -0.0400. The Morgan fingerprint density at radius 3 is 2.38 bits per heavy atom. The summed E-state index contributed by atoms with van der Waals surface area (Å²) in [5.74, 6) is 4.76. The van der Waals surface area contributed by atoms with Crippen LogP contribution in [0.4, 0.5) is 0 Å². The Morgan fingerprint density at radius 1 is 1.05 bits per heavy atom. The van der Waals surface area contributed by atoms with Crippen LogP contribution in [0.15, 0.2) is 0 Å². The van der Waals surface area contributed by atoms with Gasteiger partial charge in [0.1, 0.15) is 0 Å². The number of hydrogen-bond acceptors (Lipinski definition) is 1. The van der Waals surface area contributed by atoms with Crippen molar-refractivity contribution >= 4 is 0 Å². The summed E-state index contributed by atoms with van der Waals surface area (Å²) in [6, 6.07) is 0. The second kappa shape index (κ2) is 10.6. The lowest BCUT2D eigenvalue weighted by Crippen LogP contribution is -2.35. The Morgan fingerprint density at radius 2 is 1.81 bits per heavy atom. The molecule has 0 radical (unpaired) electrons. The van der Waals surface area contributed by atoms with Crippen molar-refractivity contribution in [2.45, 2.75) is 86.0 Å². The molecule has 0 saturated heterocycles. The van der Waals surface area contributed by atoms with Gasteiger partial charge in [0, 0.05) is 0 Å². The van der Waals surface area contributed by atoms with Crippen molar-refractivity contribution in [1.29, 1.82) is 0 Å². The van der Waals surface area contributed by atoms with Crippen LogP contribution in [0.25, 0.3) is 0 Å². The maximum Gasteiger partial charge on any atom is -0.00180 e. The van der Waals surface area contributed by atoms with E-state index in [1.54, 1.807) is 0 Å². The lowest BCUT2D eigenvalue weighted by atomic mass is 9.67. The van der Waals surface area contributed by atoms with E-state index in [0.29, 0.717) is 0 Å². The minimum absolute atomic E-state index is 0.878. The first kappa shape index (κ1) is 19.0. The summed E-state index contributed by atoms with van der Waals surface area (Å²) in [6.07, 6.45) is 11.6. The highest BCUT2D eigenvalue weighted by Crippen LogP contribution is 2.41. The van der Waals surface area contributed by atoms with Gasteiger partial charge in [-0.15, -0.1) is 0 Å². The zero-order valence-electron chi connectivity index (χ0n) is 15.5. The fraction of sp³-hybridized carbons (Fsp3) is 1.00. The van der Waals surface area contributed by atoms with E-state index in [2.05, 4.69) is 39.9 Å². The van der Waals surface area contributed by atoms with E-state index >= 15 is 0 Å². The van der Waals surface area contributed by atoms with E-state index in [1.807, 2.05) is 0 Å². The van der Waals surface area contributed by atoms with Gasteiger partial charge >= 0.3 is 0 Å². The first-order chi connectivity index (χ1) is 10.1. The van der Waals surface area contributed by atoms with E-state index in [9.17, 15) is 0 Å². The largest absolute Gasteiger partial charge is 0.317 e. The monoisotopic (exact) mass is 295 g/mol. The molecule has 1 N–H and O–H groups in total. The Kier molecular flexibility index (Phi) is 9.64. The molecule has 1 fully saturated rings. The average molecular weight is 296 g/mol. The molecule has 1 rings (SSSR count). The molecule has 1 aliphatic carbocycles. The van der Waals surface area contributed by atoms with E-state index in [-0.39, 0.29) is 0 Å². The second-order valence-corrected chi connectivity index (χ2v) is 7.80. The molecule has 0 amide bonds. The molecule has 0 aliphatic heterocycles. The third kappa shape index (κ3) is 6.72. The summed E-state index contributed by atoms with van der Waals surface area (Å²) >= 11 is 0. The summed E-state index contributed by atoms with van der Waals surface area (Å²) in [7, 11) is 0. The van der Waals surface area contributed by atoms with Crippen molar-refractivity contribution in [3.63, 3.8) is 0 Å². The standard InChI is InChI=1S/C20H41N/c1-6-9-10-17(7-2)13-20-14-18(16(4)5)11-12-19(20)15-21-8-3/h16-21H,6-15H2,1-5H3. The summed E-state index contributed by atoms with van der Waals surface area (Å²) in [6.45, 7) is 14.2. The molecule has 4 unspecified atom stereocenters. The molecule has 1 saturated carbocycles. The zero-order chi connectivity index (χ0) is 15.7. The molecule has 0 aromatic carbocycles. The number of hydrogen-bond donors (Lipinski definition) is 1. The lowest BCUT2D eigenvalue weighted by molar-refractivity contribution is 0.120. The van der Waals surface area contributed by atoms with Gasteiger partial charge in [-0.25, -0.2) is 0 Å². The number of nitrogens with one attached hydrogen (secondary N) is 1. The van der Waals surface area contributed by atoms with Crippen molar-refractivity contribution < 1.29 is 0 Å². The third-order valence-corrected chi connectivity index (χ3v) is 5.96. The highest BCUT2D eigenvalue weighted by Gasteiger charge is 2.32. The summed E-state index contributed by atoms with van der Waals surface area (Å²) in [5, 5.41) is 3.63. The average Bonchev–Trinajstić information content (AvgIpc) is 2.49. The molecule has 21 heavy (non-hydrogen) atoms. The van der Waals surface area contributed by atoms with Gasteiger partial charge in [-0.2, -0.15) is 0 Å². The fourth-order valence-electron chi connectivity index (χ4n) is 4.27. The molecule has 0 heterocycles. The predicted molar refractivity (Wildman–Crippen MR) is 95.6 cm³/mol. The molecule has 0 aromatic heterocycles. The molecule has 4 atom stereocenters. The molecule has 0 aromatic rings. The van der Waals surface area contributed by atoms with Crippen LogP contribution < -0.4 is 5.32 Å². The van der Waals surface area contributed by atoms with Crippen LogP contribution in [0.2, 0.25) is 0 Å². The molecule has 0 bridgehead atoms. The van der Waals surface area contributed by atoms with E-state index in [0.717, 1.165) is 36.1 Å². The maximum absolute atomic E-state index is 3.63. The van der Waals surface area contributed by atoms with Gasteiger partial charge in [0.05, 0.1) is 0 Å². The van der Waals surface area contributed by atoms with Gasteiger partial charge in [0.15, 0.2) is 0 Å². The highest BCUT2D eigenvalue weighted by atomic mass is 14.8. The van der Waals surface area contributed by atoms with Crippen LogP contribution in [0.1, 0.15) is 86.0 Å². The molecule has 1 heteroatoms. The molecule has 1 nitrogen and oxygen atoms in total. The topological polar surface area (TPSA) is 12.0 Å². The van der Waals surface area contributed by atoms with Crippen LogP contribution in [-0.2, 0) is 0 Å². The van der Waals surface area contributed by atoms with E-state index in [4.69, 9.17) is 0 Å². The molecule has 1 aliphatic rings. The minimum Gasteiger partial charge on any atom is -0.317 e. The van der Waals surface area contributed by atoms with Crippen molar-refractivity contribution in [3.05, 3.63) is 0 Å². The highest BCUT2D eigenvalue weighted by molar-refractivity contribution is 4.84. The normalized spacial score (nSPS) is 28.0. The van der Waals surface area contributed by atoms with Crippen LogP contribution in [-0.4, -0.2) is 13.1 Å². The van der Waals surface area contributed by atoms with E-state index < -0.39 is 0 Å². The van der Waals surface area contributed by atoms with Crippen LogP contribution >= 0.6 is 0 Å². The SMILES string of the molecule is CCCCC(CC)CC1CC(C(C)C)CCC1CNCC. The molecular formula is C20H41N. The van der Waals surface area contributed by atoms with E-state index in [1.165, 1.54) is 57.9 Å². The zero-order valence-corrected chi connectivity index (χ0v) is 15.5. The van der Waals surface area contributed by atoms with Gasteiger partial charge in [0.25, 0.3) is 0 Å². The van der Waals surface area contributed by atoms with Crippen molar-refractivity contribution in [2.24, 2.45) is 29.6 Å². The fourth-order valence-corrected chi connectivity index (χ4v) is 4.27. The summed E-state index contributed by atoms with van der Waals surface area (Å²) in [5.41, 5.74) is 0. The van der Waals surface area contributed by atoms with Crippen molar-refractivity contribution in [3.8, 4) is 0 Å². The van der Waals surface area contributed by atoms with Crippen LogP contribution in [0.3, 0.4) is 0 Å². The smallest absolute Gasteiger partial charge is 0.00180 e. The quantitative estimate of drug-likeness (QED) is 0.530. The van der Waals surface area contributed by atoms with Gasteiger partial charge in [0.2, 0.25) is 0 Å². The first-order valence-corrected chi connectivity index (χ1v) is 9.82. The molecular weight excluding hydrogens is 254 g/mol. The Bertz CT molecular complexity index is 248. The first-order valence-electron chi connectivity index (χ1n) is 9.82. The number of rotatable bonds is 10. The van der Waals surface area contributed by atoms with Crippen molar-refractivity contribution in [1.82, 2.24) is 5.32 Å². The Labute approximate surface area is 134 Å². The van der Waals surface area contributed by atoms with Gasteiger partial charge < -0.3 is 5.32 Å². The van der Waals surface area contributed by atoms with Gasteiger partial charge in [-0.1, -0.05) is 60.3 Å². The maximum atomic E-state index is 3.63. The van der Waals surface area contributed by atoms with Crippen molar-refractivity contribution in [2.75, 3.05) is 13.1 Å².